The number of benzene rings is 6. The third-order valence-corrected chi connectivity index (χ3v) is 10.8. The van der Waals surface area contributed by atoms with Gasteiger partial charge < -0.3 is 11.1 Å². The van der Waals surface area contributed by atoms with Crippen LogP contribution < -0.4 is 16.4 Å². The standard InChI is InChI=1S/C49H46N4/c1-4-45(52-46-28-27-35-17-11-12-23-42(35)32(46)2)40-21-13-20-37(29-40)38-25-26-39-30-41-22-14-24-43(47(41)44(39)31-38)49(51-33(3)34-15-7-5-8-16-34)53-48(50)36-18-9-6-10-19-36/h4-10,12-16,18-29,31,45,48-49,52-53H,1,11,17,30,50H2,2-3H3. The van der Waals surface area contributed by atoms with Gasteiger partial charge >= 0.3 is 0 Å². The zero-order valence-electron chi connectivity index (χ0n) is 30.5. The Hall–Kier alpha value is -5.81. The average molecular weight is 691 g/mol. The molecule has 0 heterocycles. The number of aryl methyl sites for hydroxylation is 1. The number of rotatable bonds is 11. The number of nitrogens with two attached hydrogens (primary N) is 1. The number of hydrogen-bond acceptors (Lipinski definition) is 4. The van der Waals surface area contributed by atoms with Gasteiger partial charge in [-0.2, -0.15) is 0 Å². The van der Waals surface area contributed by atoms with Gasteiger partial charge in [-0.15, -0.1) is 6.58 Å². The molecule has 0 bridgehead atoms. The van der Waals surface area contributed by atoms with Gasteiger partial charge in [-0.3, -0.25) is 10.3 Å². The highest BCUT2D eigenvalue weighted by atomic mass is 15.1. The number of anilines is 1. The molecule has 4 nitrogen and oxygen atoms in total. The van der Waals surface area contributed by atoms with Crippen molar-refractivity contribution in [1.29, 1.82) is 0 Å². The molecule has 6 aromatic rings. The Morgan fingerprint density at radius 3 is 2.32 bits per heavy atom. The highest BCUT2D eigenvalue weighted by molar-refractivity contribution is 5.99. The van der Waals surface area contributed by atoms with E-state index in [9.17, 15) is 0 Å². The van der Waals surface area contributed by atoms with E-state index in [-0.39, 0.29) is 12.2 Å². The monoisotopic (exact) mass is 690 g/mol. The summed E-state index contributed by atoms with van der Waals surface area (Å²) in [5, 5.41) is 7.48. The molecule has 8 rings (SSSR count). The molecule has 3 atom stereocenters. The van der Waals surface area contributed by atoms with E-state index in [1.807, 2.05) is 30.3 Å². The Bertz CT molecular complexity index is 2340. The minimum absolute atomic E-state index is 0.0348. The molecule has 0 amide bonds. The first-order chi connectivity index (χ1) is 26.0. The fourth-order valence-electron chi connectivity index (χ4n) is 7.93. The van der Waals surface area contributed by atoms with Gasteiger partial charge in [0.1, 0.15) is 6.17 Å². The van der Waals surface area contributed by atoms with E-state index in [1.54, 1.807) is 0 Å². The lowest BCUT2D eigenvalue weighted by Gasteiger charge is -2.24. The fraction of sp³-hybridized carbons (Fsp3) is 0.163. The minimum Gasteiger partial charge on any atom is -0.375 e. The minimum atomic E-state index is -0.396. The van der Waals surface area contributed by atoms with Crippen LogP contribution in [0.15, 0.2) is 157 Å². The molecule has 2 aliphatic carbocycles. The van der Waals surface area contributed by atoms with Gasteiger partial charge in [0.05, 0.1) is 12.2 Å². The van der Waals surface area contributed by atoms with Gasteiger partial charge in [0.15, 0.2) is 0 Å². The van der Waals surface area contributed by atoms with Gasteiger partial charge in [-0.25, -0.2) is 0 Å². The summed E-state index contributed by atoms with van der Waals surface area (Å²) in [6, 6.07) is 47.4. The van der Waals surface area contributed by atoms with Crippen molar-refractivity contribution in [1.82, 2.24) is 5.32 Å². The van der Waals surface area contributed by atoms with E-state index in [2.05, 4.69) is 152 Å². The van der Waals surface area contributed by atoms with Crippen LogP contribution >= 0.6 is 0 Å². The lowest BCUT2D eigenvalue weighted by Crippen LogP contribution is -2.32. The Balaban J connectivity index is 1.14. The van der Waals surface area contributed by atoms with E-state index in [0.717, 1.165) is 47.4 Å². The van der Waals surface area contributed by atoms with Crippen LogP contribution in [0.25, 0.3) is 28.3 Å². The smallest absolute Gasteiger partial charge is 0.127 e. The van der Waals surface area contributed by atoms with E-state index < -0.39 is 6.17 Å². The Labute approximate surface area is 313 Å². The zero-order valence-corrected chi connectivity index (χ0v) is 30.5. The Kier molecular flexibility index (Phi) is 9.73. The van der Waals surface area contributed by atoms with E-state index >= 15 is 0 Å². The maximum atomic E-state index is 6.83. The lowest BCUT2D eigenvalue weighted by atomic mass is 9.92. The summed E-state index contributed by atoms with van der Waals surface area (Å²) in [5.41, 5.74) is 24.9. The highest BCUT2D eigenvalue weighted by Crippen LogP contribution is 2.44. The van der Waals surface area contributed by atoms with Crippen LogP contribution in [0, 0.1) is 6.92 Å². The van der Waals surface area contributed by atoms with Crippen LogP contribution in [-0.4, -0.2) is 5.71 Å². The maximum absolute atomic E-state index is 6.83. The van der Waals surface area contributed by atoms with Crippen LogP contribution in [0.3, 0.4) is 0 Å². The second-order valence-corrected chi connectivity index (χ2v) is 14.2. The van der Waals surface area contributed by atoms with Crippen molar-refractivity contribution in [3.8, 4) is 22.3 Å². The van der Waals surface area contributed by atoms with Crippen molar-refractivity contribution in [3.05, 3.63) is 202 Å². The summed E-state index contributed by atoms with van der Waals surface area (Å²) in [6.45, 7) is 8.52. The topological polar surface area (TPSA) is 62.4 Å². The third kappa shape index (κ3) is 7.04. The summed E-state index contributed by atoms with van der Waals surface area (Å²) < 4.78 is 0. The van der Waals surface area contributed by atoms with Crippen molar-refractivity contribution < 1.29 is 0 Å². The van der Waals surface area contributed by atoms with Crippen molar-refractivity contribution >= 4 is 17.5 Å². The number of allylic oxidation sites excluding steroid dienone is 1. The second kappa shape index (κ2) is 15.0. The number of aliphatic imine (C=N–C) groups is 1. The molecule has 0 saturated carbocycles. The number of hydrogen-bond donors (Lipinski definition) is 3. The molecular formula is C49H46N4. The summed E-state index contributed by atoms with van der Waals surface area (Å²) in [4.78, 5) is 5.32. The fourth-order valence-corrected chi connectivity index (χ4v) is 7.93. The largest absolute Gasteiger partial charge is 0.375 e. The van der Waals surface area contributed by atoms with Gasteiger partial charge in [0, 0.05) is 11.4 Å². The molecule has 0 aliphatic heterocycles. The maximum Gasteiger partial charge on any atom is 0.127 e. The van der Waals surface area contributed by atoms with Crippen molar-refractivity contribution in [2.45, 2.75) is 51.5 Å². The predicted molar refractivity (Wildman–Crippen MR) is 223 cm³/mol. The van der Waals surface area contributed by atoms with Crippen molar-refractivity contribution in [3.63, 3.8) is 0 Å². The van der Waals surface area contributed by atoms with E-state index in [0.29, 0.717) is 0 Å². The molecule has 0 aromatic heterocycles. The first kappa shape index (κ1) is 34.3. The molecular weight excluding hydrogens is 645 g/mol. The lowest BCUT2D eigenvalue weighted by molar-refractivity contribution is 0.466. The molecule has 53 heavy (non-hydrogen) atoms. The molecule has 0 fully saturated rings. The molecule has 262 valence electrons. The second-order valence-electron chi connectivity index (χ2n) is 14.2. The Morgan fingerprint density at radius 2 is 1.51 bits per heavy atom. The first-order valence-corrected chi connectivity index (χ1v) is 18.7. The van der Waals surface area contributed by atoms with Crippen molar-refractivity contribution in [2.24, 2.45) is 10.7 Å². The first-order valence-electron chi connectivity index (χ1n) is 18.7. The zero-order chi connectivity index (χ0) is 36.3. The van der Waals surface area contributed by atoms with Crippen LogP contribution in [0.5, 0.6) is 0 Å². The highest BCUT2D eigenvalue weighted by Gasteiger charge is 2.27. The quantitative estimate of drug-likeness (QED) is 0.0719. The molecule has 2 aliphatic rings. The number of nitrogens with one attached hydrogen (secondary N) is 2. The van der Waals surface area contributed by atoms with Crippen molar-refractivity contribution in [2.75, 3.05) is 5.32 Å². The van der Waals surface area contributed by atoms with Crippen LogP contribution in [0.2, 0.25) is 0 Å². The molecule has 0 radical (unpaired) electrons. The molecule has 0 saturated heterocycles. The van der Waals surface area contributed by atoms with Gasteiger partial charge in [0.25, 0.3) is 0 Å². The molecule has 6 aromatic carbocycles. The van der Waals surface area contributed by atoms with E-state index in [1.165, 1.54) is 55.6 Å². The number of fused-ring (bicyclic) bond motifs is 4. The normalized spacial score (nSPS) is 14.8. The molecule has 0 spiro atoms. The summed E-state index contributed by atoms with van der Waals surface area (Å²) in [7, 11) is 0. The van der Waals surface area contributed by atoms with E-state index in [4.69, 9.17) is 10.7 Å². The Morgan fingerprint density at radius 1 is 0.774 bits per heavy atom. The van der Waals surface area contributed by atoms with Gasteiger partial charge in [-0.05, 0) is 124 Å². The third-order valence-electron chi connectivity index (χ3n) is 10.8. The summed E-state index contributed by atoms with van der Waals surface area (Å²) in [5.74, 6) is 0. The van der Waals surface area contributed by atoms with Gasteiger partial charge in [0.2, 0.25) is 0 Å². The predicted octanol–water partition coefficient (Wildman–Crippen LogP) is 11.3. The van der Waals surface area contributed by atoms with Gasteiger partial charge in [-0.1, -0.05) is 133 Å². The summed E-state index contributed by atoms with van der Waals surface area (Å²) >= 11 is 0. The van der Waals surface area contributed by atoms with Crippen LogP contribution in [0.1, 0.15) is 81.8 Å². The molecule has 4 heteroatoms. The molecule has 3 unspecified atom stereocenters. The van der Waals surface area contributed by atoms with Crippen LogP contribution in [-0.2, 0) is 12.8 Å². The summed E-state index contributed by atoms with van der Waals surface area (Å²) in [6.07, 6.45) is 8.89. The average Bonchev–Trinajstić information content (AvgIpc) is 3.59. The SMILES string of the molecule is C=CC(Nc1ccc2c(c1C)C=CCC2)c1cccc(-c2ccc3c(c2)-c2c(cccc2C(N=C(C)c2ccccc2)NC(N)c2ccccc2)C3)c1. The van der Waals surface area contributed by atoms with Crippen LogP contribution in [0.4, 0.5) is 5.69 Å². The number of nitrogens with zero attached hydrogens (tertiary/aromatic N) is 1. The molecule has 4 N–H and O–H groups in total.